The Bertz CT molecular complexity index is 645. The van der Waals surface area contributed by atoms with E-state index in [4.69, 9.17) is 0 Å². The molecular weight excluding hydrogens is 333 g/mol. The zero-order valence-corrected chi connectivity index (χ0v) is 13.6. The Morgan fingerprint density at radius 3 is 2.24 bits per heavy atom. The summed E-state index contributed by atoms with van der Waals surface area (Å²) in [6.45, 7) is 4.06. The number of hydrogen-bond acceptors (Lipinski definition) is 1. The molecule has 1 N–H and O–H groups in total. The number of nitrogens with one attached hydrogen (secondary N) is 1. The second kappa shape index (κ2) is 6.85. The molecule has 0 unspecified atom stereocenters. The van der Waals surface area contributed by atoms with Gasteiger partial charge in [-0.1, -0.05) is 41.9 Å². The first-order chi connectivity index (χ1) is 10.1. The van der Waals surface area contributed by atoms with Gasteiger partial charge < -0.3 is 5.32 Å². The van der Waals surface area contributed by atoms with Crippen LogP contribution in [0.5, 0.6) is 0 Å². The molecule has 0 spiro atoms. The molecule has 0 aliphatic carbocycles. The van der Waals surface area contributed by atoms with Gasteiger partial charge in [-0.3, -0.25) is 4.79 Å². The Kier molecular flexibility index (Phi) is 5.12. The Labute approximate surface area is 132 Å². The third-order valence-corrected chi connectivity index (χ3v) is 3.84. The average Bonchev–Trinajstić information content (AvgIpc) is 2.48. The molecule has 2 aromatic carbocycles. The molecule has 0 bridgehead atoms. The van der Waals surface area contributed by atoms with E-state index in [9.17, 15) is 9.18 Å². The van der Waals surface area contributed by atoms with E-state index in [-0.39, 0.29) is 5.56 Å². The number of hydrogen-bond donors (Lipinski definition) is 1. The lowest BCUT2D eigenvalue weighted by molar-refractivity contribution is 0.102. The van der Waals surface area contributed by atoms with Gasteiger partial charge in [0.25, 0.3) is 5.91 Å². The highest BCUT2D eigenvalue weighted by Crippen LogP contribution is 2.28. The molecule has 0 heterocycles. The minimum Gasteiger partial charge on any atom is -0.321 e. The molecule has 4 heteroatoms. The number of carbonyl (C=O) groups is 1. The van der Waals surface area contributed by atoms with Crippen molar-refractivity contribution < 1.29 is 9.18 Å². The molecule has 0 aromatic heterocycles. The monoisotopic (exact) mass is 349 g/mol. The Morgan fingerprint density at radius 2 is 1.71 bits per heavy atom. The zero-order valence-electron chi connectivity index (χ0n) is 12.0. The van der Waals surface area contributed by atoms with Crippen molar-refractivity contribution in [3.05, 3.63) is 63.4 Å². The standard InChI is InChI=1S/C17H17BrFNO/c1-3-11-9-13(18)10-12(4-2)16(11)20-17(21)14-7-5-6-8-15(14)19/h5-10H,3-4H2,1-2H3,(H,20,21). The Balaban J connectivity index is 2.39. The van der Waals surface area contributed by atoms with Crippen molar-refractivity contribution in [3.8, 4) is 0 Å². The number of halogens is 2. The number of benzene rings is 2. The second-order valence-corrected chi connectivity index (χ2v) is 5.66. The maximum atomic E-state index is 13.7. The molecule has 2 aromatic rings. The first-order valence-electron chi connectivity index (χ1n) is 6.94. The summed E-state index contributed by atoms with van der Waals surface area (Å²) in [7, 11) is 0. The minimum atomic E-state index is -0.511. The van der Waals surface area contributed by atoms with Crippen molar-refractivity contribution in [2.24, 2.45) is 0 Å². The molecule has 0 radical (unpaired) electrons. The first-order valence-corrected chi connectivity index (χ1v) is 7.73. The van der Waals surface area contributed by atoms with Crippen LogP contribution in [0.25, 0.3) is 0 Å². The zero-order chi connectivity index (χ0) is 15.4. The van der Waals surface area contributed by atoms with Gasteiger partial charge in [-0.25, -0.2) is 4.39 Å². The van der Waals surface area contributed by atoms with Gasteiger partial charge in [-0.2, -0.15) is 0 Å². The second-order valence-electron chi connectivity index (χ2n) is 4.74. The molecule has 2 nitrogen and oxygen atoms in total. The van der Waals surface area contributed by atoms with Crippen LogP contribution in [-0.4, -0.2) is 5.91 Å². The van der Waals surface area contributed by atoms with Gasteiger partial charge >= 0.3 is 0 Å². The van der Waals surface area contributed by atoms with Crippen molar-refractivity contribution in [1.29, 1.82) is 0 Å². The lowest BCUT2D eigenvalue weighted by atomic mass is 10.0. The van der Waals surface area contributed by atoms with E-state index in [1.54, 1.807) is 12.1 Å². The van der Waals surface area contributed by atoms with Crippen molar-refractivity contribution in [2.75, 3.05) is 5.32 Å². The Hall–Kier alpha value is -1.68. The van der Waals surface area contributed by atoms with Gasteiger partial charge in [0.1, 0.15) is 5.82 Å². The predicted octanol–water partition coefficient (Wildman–Crippen LogP) is 4.97. The fraction of sp³-hybridized carbons (Fsp3) is 0.235. The van der Waals surface area contributed by atoms with Crippen molar-refractivity contribution in [3.63, 3.8) is 0 Å². The van der Waals surface area contributed by atoms with Crippen LogP contribution in [0.15, 0.2) is 40.9 Å². The molecule has 0 aliphatic rings. The first kappa shape index (κ1) is 15.7. The highest BCUT2D eigenvalue weighted by atomic mass is 79.9. The fourth-order valence-corrected chi connectivity index (χ4v) is 2.82. The largest absolute Gasteiger partial charge is 0.321 e. The van der Waals surface area contributed by atoms with Crippen LogP contribution in [0.2, 0.25) is 0 Å². The molecule has 0 saturated carbocycles. The summed E-state index contributed by atoms with van der Waals surface area (Å²) in [6, 6.07) is 9.96. The average molecular weight is 350 g/mol. The number of rotatable bonds is 4. The van der Waals surface area contributed by atoms with Crippen LogP contribution >= 0.6 is 15.9 Å². The van der Waals surface area contributed by atoms with Crippen LogP contribution in [0.4, 0.5) is 10.1 Å². The van der Waals surface area contributed by atoms with E-state index < -0.39 is 11.7 Å². The smallest absolute Gasteiger partial charge is 0.258 e. The predicted molar refractivity (Wildman–Crippen MR) is 87.3 cm³/mol. The fourth-order valence-electron chi connectivity index (χ4n) is 2.27. The third kappa shape index (κ3) is 3.50. The van der Waals surface area contributed by atoms with Gasteiger partial charge in [0, 0.05) is 10.2 Å². The molecular formula is C17H17BrFNO. The van der Waals surface area contributed by atoms with Gasteiger partial charge in [0.2, 0.25) is 0 Å². The van der Waals surface area contributed by atoms with E-state index in [1.807, 2.05) is 26.0 Å². The molecule has 2 rings (SSSR count). The lowest BCUT2D eigenvalue weighted by Crippen LogP contribution is -2.16. The maximum Gasteiger partial charge on any atom is 0.258 e. The van der Waals surface area contributed by atoms with Gasteiger partial charge in [0.15, 0.2) is 0 Å². The van der Waals surface area contributed by atoms with Gasteiger partial charge in [0.05, 0.1) is 5.56 Å². The Morgan fingerprint density at radius 1 is 1.14 bits per heavy atom. The van der Waals surface area contributed by atoms with E-state index in [2.05, 4.69) is 21.2 Å². The quantitative estimate of drug-likeness (QED) is 0.829. The summed E-state index contributed by atoms with van der Waals surface area (Å²) in [5.41, 5.74) is 2.91. The third-order valence-electron chi connectivity index (χ3n) is 3.39. The van der Waals surface area contributed by atoms with Crippen LogP contribution in [0, 0.1) is 5.82 Å². The summed E-state index contributed by atoms with van der Waals surface area (Å²) in [6.07, 6.45) is 1.58. The number of carbonyl (C=O) groups excluding carboxylic acids is 1. The van der Waals surface area contributed by atoms with E-state index in [0.29, 0.717) is 0 Å². The van der Waals surface area contributed by atoms with Crippen LogP contribution in [0.3, 0.4) is 0 Å². The highest BCUT2D eigenvalue weighted by Gasteiger charge is 2.15. The summed E-state index contributed by atoms with van der Waals surface area (Å²) in [5, 5.41) is 2.87. The van der Waals surface area contributed by atoms with Crippen LogP contribution in [0.1, 0.15) is 35.3 Å². The van der Waals surface area contributed by atoms with E-state index >= 15 is 0 Å². The van der Waals surface area contributed by atoms with E-state index in [0.717, 1.165) is 34.1 Å². The summed E-state index contributed by atoms with van der Waals surface area (Å²) in [5.74, 6) is -0.928. The van der Waals surface area contributed by atoms with Crippen LogP contribution < -0.4 is 5.32 Å². The van der Waals surface area contributed by atoms with E-state index in [1.165, 1.54) is 12.1 Å². The molecule has 0 atom stereocenters. The lowest BCUT2D eigenvalue weighted by Gasteiger charge is -2.15. The summed E-state index contributed by atoms with van der Waals surface area (Å²) < 4.78 is 14.7. The maximum absolute atomic E-state index is 13.7. The summed E-state index contributed by atoms with van der Waals surface area (Å²) >= 11 is 3.48. The molecule has 1 amide bonds. The van der Waals surface area contributed by atoms with Gasteiger partial charge in [-0.05, 0) is 48.2 Å². The van der Waals surface area contributed by atoms with Crippen molar-refractivity contribution in [1.82, 2.24) is 0 Å². The van der Waals surface area contributed by atoms with Crippen molar-refractivity contribution in [2.45, 2.75) is 26.7 Å². The van der Waals surface area contributed by atoms with Gasteiger partial charge in [-0.15, -0.1) is 0 Å². The topological polar surface area (TPSA) is 29.1 Å². The normalized spacial score (nSPS) is 10.5. The minimum absolute atomic E-state index is 0.0597. The van der Waals surface area contributed by atoms with Crippen molar-refractivity contribution >= 4 is 27.5 Å². The SMILES string of the molecule is CCc1cc(Br)cc(CC)c1NC(=O)c1ccccc1F. The number of anilines is 1. The molecule has 0 saturated heterocycles. The number of aryl methyl sites for hydroxylation is 2. The summed E-state index contributed by atoms with van der Waals surface area (Å²) in [4.78, 5) is 12.3. The molecule has 110 valence electrons. The highest BCUT2D eigenvalue weighted by molar-refractivity contribution is 9.10. The molecule has 21 heavy (non-hydrogen) atoms. The number of amides is 1. The van der Waals surface area contributed by atoms with Crippen LogP contribution in [-0.2, 0) is 12.8 Å². The molecule has 0 fully saturated rings. The molecule has 0 aliphatic heterocycles.